The minimum atomic E-state index is -4.45. The lowest BCUT2D eigenvalue weighted by atomic mass is 10.0. The van der Waals surface area contributed by atoms with Crippen molar-refractivity contribution in [1.82, 2.24) is 5.32 Å². The lowest BCUT2D eigenvalue weighted by Gasteiger charge is -2.27. The predicted octanol–water partition coefficient (Wildman–Crippen LogP) is 20.5. The van der Waals surface area contributed by atoms with E-state index in [0.29, 0.717) is 23.9 Å². The first-order valence-electron chi connectivity index (χ1n) is 33.0. The van der Waals surface area contributed by atoms with Gasteiger partial charge in [-0.25, -0.2) is 4.57 Å². The summed E-state index contributed by atoms with van der Waals surface area (Å²) >= 11 is 0. The van der Waals surface area contributed by atoms with Gasteiger partial charge in [0.2, 0.25) is 5.91 Å². The molecule has 1 amide bonds. The smallest absolute Gasteiger partial charge is 0.456 e. The van der Waals surface area contributed by atoms with E-state index in [0.717, 1.165) is 70.6 Å². The van der Waals surface area contributed by atoms with Gasteiger partial charge in [0.25, 0.3) is 0 Å². The number of likely N-dealkylation sites (N-methyl/N-ethyl adjacent to an activating group) is 1. The number of quaternary nitrogens is 1. The maximum absolute atomic E-state index is 13.5. The number of hydrogen-bond donors (Lipinski definition) is 2. The molecule has 0 saturated heterocycles. The largest absolute Gasteiger partial charge is 0.472 e. The molecule has 9 nitrogen and oxygen atoms in total. The standard InChI is InChI=1S/C67H127N2O7P/c1-7-10-13-16-19-22-25-28-30-31-32-33-34-35-36-37-38-39-40-42-45-48-51-54-57-60-67(71)76-65(58-55-52-49-46-43-27-24-21-18-15-12-9-3)64(63-75-77(72,73)74-62-61-69(4,5)6)68-66(70)59-56-53-50-47-44-41-29-26-23-20-17-14-11-8-2/h19,22,28,30,32-33,55,58,64-65H,7-18,20-21,23-27,29,31,34-54,56-57,59-63H2,1-6H3,(H-,68,70,72,73)/p+1/b22-19-,30-28-,33-32-,58-55-. The highest BCUT2D eigenvalue weighted by Crippen LogP contribution is 2.43. The fourth-order valence-corrected chi connectivity index (χ4v) is 10.4. The number of nitrogens with zero attached hydrogens (tertiary/aromatic N) is 1. The van der Waals surface area contributed by atoms with E-state index in [1.165, 1.54) is 212 Å². The quantitative estimate of drug-likeness (QED) is 0.0205. The molecule has 0 aliphatic carbocycles. The lowest BCUT2D eigenvalue weighted by Crippen LogP contribution is -2.47. The molecule has 0 aliphatic rings. The van der Waals surface area contributed by atoms with Crippen molar-refractivity contribution >= 4 is 19.7 Å². The average molecular weight is 1100 g/mol. The minimum Gasteiger partial charge on any atom is -0.456 e. The van der Waals surface area contributed by atoms with Crippen LogP contribution in [-0.2, 0) is 27.9 Å². The molecule has 0 rings (SSSR count). The van der Waals surface area contributed by atoms with Crippen molar-refractivity contribution in [3.05, 3.63) is 48.6 Å². The van der Waals surface area contributed by atoms with Crippen LogP contribution in [0.2, 0.25) is 0 Å². The van der Waals surface area contributed by atoms with Crippen LogP contribution in [0.1, 0.15) is 316 Å². The minimum absolute atomic E-state index is 0.0418. The van der Waals surface area contributed by atoms with Gasteiger partial charge >= 0.3 is 13.8 Å². The third-order valence-electron chi connectivity index (χ3n) is 14.8. The highest BCUT2D eigenvalue weighted by Gasteiger charge is 2.30. The Labute approximate surface area is 478 Å². The van der Waals surface area contributed by atoms with E-state index in [4.69, 9.17) is 13.8 Å². The van der Waals surface area contributed by atoms with E-state index in [1.807, 2.05) is 33.3 Å². The fourth-order valence-electron chi connectivity index (χ4n) is 9.65. The van der Waals surface area contributed by atoms with E-state index >= 15 is 0 Å². The summed E-state index contributed by atoms with van der Waals surface area (Å²) in [6.45, 7) is 7.02. The summed E-state index contributed by atoms with van der Waals surface area (Å²) in [7, 11) is 1.51. The number of phosphoric acid groups is 1. The van der Waals surface area contributed by atoms with Gasteiger partial charge in [0, 0.05) is 12.8 Å². The molecule has 10 heteroatoms. The number of nitrogens with one attached hydrogen (secondary N) is 1. The number of rotatable bonds is 60. The summed E-state index contributed by atoms with van der Waals surface area (Å²) in [5.41, 5.74) is 0. The number of carbonyl (C=O) groups excluding carboxylic acids is 2. The second-order valence-corrected chi connectivity index (χ2v) is 25.1. The third kappa shape index (κ3) is 58.4. The normalized spacial score (nSPS) is 13.9. The number of allylic oxidation sites excluding steroid dienone is 7. The molecular formula is C67H128N2O7P+. The Balaban J connectivity index is 5.08. The molecule has 0 bridgehead atoms. The Morgan fingerprint density at radius 3 is 1.21 bits per heavy atom. The highest BCUT2D eigenvalue weighted by atomic mass is 31.2. The first-order chi connectivity index (χ1) is 37.4. The van der Waals surface area contributed by atoms with E-state index < -0.39 is 20.0 Å². The van der Waals surface area contributed by atoms with Gasteiger partial charge in [0.05, 0.1) is 33.8 Å². The van der Waals surface area contributed by atoms with Crippen LogP contribution < -0.4 is 5.32 Å². The molecule has 0 aromatic carbocycles. The molecule has 0 saturated carbocycles. The van der Waals surface area contributed by atoms with Gasteiger partial charge < -0.3 is 19.4 Å². The first kappa shape index (κ1) is 75.0. The Hall–Kier alpha value is -2.03. The van der Waals surface area contributed by atoms with Gasteiger partial charge in [-0.1, -0.05) is 282 Å². The molecule has 0 radical (unpaired) electrons. The Morgan fingerprint density at radius 1 is 0.455 bits per heavy atom. The zero-order valence-corrected chi connectivity index (χ0v) is 52.6. The molecule has 0 spiro atoms. The molecule has 2 N–H and O–H groups in total. The van der Waals surface area contributed by atoms with E-state index in [-0.39, 0.29) is 25.1 Å². The summed E-state index contributed by atoms with van der Waals surface area (Å²) in [6.07, 6.45) is 71.1. The summed E-state index contributed by atoms with van der Waals surface area (Å²) in [5, 5.41) is 3.06. The summed E-state index contributed by atoms with van der Waals surface area (Å²) < 4.78 is 30.7. The third-order valence-corrected chi connectivity index (χ3v) is 15.8. The molecule has 0 fully saturated rings. The number of carbonyl (C=O) groups is 2. The maximum Gasteiger partial charge on any atom is 0.472 e. The van der Waals surface area contributed by atoms with Gasteiger partial charge in [0.15, 0.2) is 0 Å². The van der Waals surface area contributed by atoms with Crippen molar-refractivity contribution in [2.45, 2.75) is 328 Å². The van der Waals surface area contributed by atoms with E-state index in [1.54, 1.807) is 0 Å². The van der Waals surface area contributed by atoms with Crippen molar-refractivity contribution < 1.29 is 37.3 Å². The zero-order valence-electron chi connectivity index (χ0n) is 51.7. The van der Waals surface area contributed by atoms with Crippen molar-refractivity contribution in [3.8, 4) is 0 Å². The average Bonchev–Trinajstić information content (AvgIpc) is 3.39. The Bertz CT molecular complexity index is 1460. The summed E-state index contributed by atoms with van der Waals surface area (Å²) in [6, 6.07) is -0.845. The second kappa shape index (κ2) is 57.2. The fraction of sp³-hybridized carbons (Fsp3) is 0.851. The summed E-state index contributed by atoms with van der Waals surface area (Å²) in [5.74, 6) is -0.494. The number of phosphoric ester groups is 1. The van der Waals surface area contributed by atoms with Gasteiger partial charge in [0.1, 0.15) is 19.3 Å². The van der Waals surface area contributed by atoms with Gasteiger partial charge in [-0.2, -0.15) is 0 Å². The lowest BCUT2D eigenvalue weighted by molar-refractivity contribution is -0.870. The monoisotopic (exact) mass is 1100 g/mol. The molecule has 452 valence electrons. The van der Waals surface area contributed by atoms with Crippen LogP contribution in [-0.4, -0.2) is 74.3 Å². The SMILES string of the molecule is CCCCC/C=C\C/C=C\C/C=C\CCCCCCCCCCCCCCC(=O)OC(/C=C\CCCCCCCCCCCC)C(COP(=O)(O)OCC[N+](C)(C)C)NC(=O)CCCCCCCCCCCCCCCC. The van der Waals surface area contributed by atoms with Gasteiger partial charge in [-0.15, -0.1) is 0 Å². The van der Waals surface area contributed by atoms with Crippen molar-refractivity contribution in [3.63, 3.8) is 0 Å². The molecular weight excluding hydrogens is 976 g/mol. The zero-order chi connectivity index (χ0) is 56.4. The molecule has 0 aromatic heterocycles. The number of ether oxygens (including phenoxy) is 1. The van der Waals surface area contributed by atoms with Crippen LogP contribution in [0.4, 0.5) is 0 Å². The molecule has 3 atom stereocenters. The highest BCUT2D eigenvalue weighted by molar-refractivity contribution is 7.47. The Kier molecular flexibility index (Phi) is 55.7. The predicted molar refractivity (Wildman–Crippen MR) is 332 cm³/mol. The van der Waals surface area contributed by atoms with Gasteiger partial charge in [-0.3, -0.25) is 18.6 Å². The number of esters is 1. The summed E-state index contributed by atoms with van der Waals surface area (Å²) in [4.78, 5) is 37.7. The van der Waals surface area contributed by atoms with E-state index in [2.05, 4.69) is 62.5 Å². The first-order valence-corrected chi connectivity index (χ1v) is 34.5. The maximum atomic E-state index is 13.5. The van der Waals surface area contributed by atoms with Crippen molar-refractivity contribution in [1.29, 1.82) is 0 Å². The molecule has 0 aromatic rings. The van der Waals surface area contributed by atoms with Gasteiger partial charge in [-0.05, 0) is 70.3 Å². The topological polar surface area (TPSA) is 111 Å². The number of amides is 1. The van der Waals surface area contributed by atoms with Crippen molar-refractivity contribution in [2.24, 2.45) is 0 Å². The molecule has 0 aliphatic heterocycles. The van der Waals surface area contributed by atoms with Crippen LogP contribution in [0.15, 0.2) is 48.6 Å². The second-order valence-electron chi connectivity index (χ2n) is 23.6. The van der Waals surface area contributed by atoms with Crippen LogP contribution in [0, 0.1) is 0 Å². The molecule has 77 heavy (non-hydrogen) atoms. The van der Waals surface area contributed by atoms with Crippen LogP contribution in [0.25, 0.3) is 0 Å². The van der Waals surface area contributed by atoms with E-state index in [9.17, 15) is 19.0 Å². The molecule has 0 heterocycles. The van der Waals surface area contributed by atoms with Crippen LogP contribution >= 0.6 is 7.82 Å². The van der Waals surface area contributed by atoms with Crippen LogP contribution in [0.3, 0.4) is 0 Å². The number of hydrogen-bond acceptors (Lipinski definition) is 6. The Morgan fingerprint density at radius 2 is 0.792 bits per heavy atom. The van der Waals surface area contributed by atoms with Crippen molar-refractivity contribution in [2.75, 3.05) is 40.9 Å². The van der Waals surface area contributed by atoms with Crippen LogP contribution in [0.5, 0.6) is 0 Å². The molecule has 3 unspecified atom stereocenters. The number of unbranched alkanes of at least 4 members (excludes halogenated alkanes) is 38.